The number of hydrogen-bond donors (Lipinski definition) is 2. The Labute approximate surface area is 71.7 Å². The highest BCUT2D eigenvalue weighted by molar-refractivity contribution is 5.45. The second kappa shape index (κ2) is 4.33. The van der Waals surface area contributed by atoms with Gasteiger partial charge in [0.15, 0.2) is 0 Å². The van der Waals surface area contributed by atoms with E-state index in [4.69, 9.17) is 0 Å². The molecule has 4 nitrogen and oxygen atoms in total. The zero-order valence-corrected chi connectivity index (χ0v) is 7.20. The fraction of sp³-hybridized carbons (Fsp3) is 0.250. The Morgan fingerprint density at radius 1 is 1.42 bits per heavy atom. The average Bonchev–Trinajstić information content (AvgIpc) is 2.15. The van der Waals surface area contributed by atoms with Gasteiger partial charge in [0.25, 0.3) is 0 Å². The van der Waals surface area contributed by atoms with Crippen LogP contribution in [0.15, 0.2) is 18.5 Å². The lowest BCUT2D eigenvalue weighted by atomic mass is 10.4. The molecule has 0 aliphatic rings. The van der Waals surface area contributed by atoms with Crippen LogP contribution in [0.3, 0.4) is 0 Å². The molecule has 2 N–H and O–H groups in total. The van der Waals surface area contributed by atoms with Crippen molar-refractivity contribution in [1.29, 1.82) is 0 Å². The molecule has 0 bridgehead atoms. The van der Waals surface area contributed by atoms with Gasteiger partial charge in [0, 0.05) is 20.3 Å². The van der Waals surface area contributed by atoms with Crippen LogP contribution in [-0.4, -0.2) is 24.1 Å². The van der Waals surface area contributed by atoms with Crippen molar-refractivity contribution in [2.45, 2.75) is 0 Å². The van der Waals surface area contributed by atoms with E-state index in [0.29, 0.717) is 5.95 Å². The average molecular weight is 164 g/mol. The summed E-state index contributed by atoms with van der Waals surface area (Å²) in [7, 11) is 3.64. The van der Waals surface area contributed by atoms with Gasteiger partial charge in [-0.25, -0.2) is 9.97 Å². The Morgan fingerprint density at radius 2 is 2.25 bits per heavy atom. The fourth-order valence-corrected chi connectivity index (χ4v) is 0.755. The van der Waals surface area contributed by atoms with Gasteiger partial charge in [0.1, 0.15) is 0 Å². The normalized spacial score (nSPS) is 10.2. The zero-order valence-electron chi connectivity index (χ0n) is 7.20. The van der Waals surface area contributed by atoms with E-state index in [9.17, 15) is 0 Å². The van der Waals surface area contributed by atoms with E-state index in [0.717, 1.165) is 5.69 Å². The van der Waals surface area contributed by atoms with Gasteiger partial charge < -0.3 is 10.6 Å². The monoisotopic (exact) mass is 164 g/mol. The van der Waals surface area contributed by atoms with E-state index in [-0.39, 0.29) is 0 Å². The van der Waals surface area contributed by atoms with Crippen LogP contribution in [-0.2, 0) is 0 Å². The second-order valence-electron chi connectivity index (χ2n) is 2.18. The van der Waals surface area contributed by atoms with Crippen molar-refractivity contribution in [3.8, 4) is 0 Å². The number of rotatable bonds is 3. The highest BCUT2D eigenvalue weighted by atomic mass is 15.1. The lowest BCUT2D eigenvalue weighted by molar-refractivity contribution is 1.10. The number of nitrogens with one attached hydrogen (secondary N) is 2. The van der Waals surface area contributed by atoms with Crippen molar-refractivity contribution >= 4 is 12.0 Å². The molecule has 1 rings (SSSR count). The third-order valence-corrected chi connectivity index (χ3v) is 1.32. The minimum absolute atomic E-state index is 0.633. The van der Waals surface area contributed by atoms with E-state index in [2.05, 4.69) is 20.6 Å². The fourth-order valence-electron chi connectivity index (χ4n) is 0.755. The molecule has 0 aliphatic heterocycles. The molecule has 0 fully saturated rings. The van der Waals surface area contributed by atoms with Crippen molar-refractivity contribution in [3.05, 3.63) is 24.2 Å². The molecule has 1 aromatic heterocycles. The maximum atomic E-state index is 4.18. The van der Waals surface area contributed by atoms with Crippen molar-refractivity contribution in [2.24, 2.45) is 0 Å². The lowest BCUT2D eigenvalue weighted by Gasteiger charge is -1.97. The third kappa shape index (κ3) is 2.23. The molecule has 1 aromatic rings. The highest BCUT2D eigenvalue weighted by Crippen LogP contribution is 2.00. The third-order valence-electron chi connectivity index (χ3n) is 1.32. The van der Waals surface area contributed by atoms with Gasteiger partial charge in [0.05, 0.1) is 5.69 Å². The molecular formula is C8H12N4. The zero-order chi connectivity index (χ0) is 8.81. The minimum Gasteiger partial charge on any atom is -0.394 e. The lowest BCUT2D eigenvalue weighted by Crippen LogP contribution is -1.97. The number of nitrogens with zero attached hydrogens (tertiary/aromatic N) is 2. The molecular weight excluding hydrogens is 152 g/mol. The van der Waals surface area contributed by atoms with Crippen LogP contribution in [0.4, 0.5) is 5.95 Å². The Kier molecular flexibility index (Phi) is 3.07. The van der Waals surface area contributed by atoms with Crippen LogP contribution in [0.1, 0.15) is 5.69 Å². The first-order valence-corrected chi connectivity index (χ1v) is 3.71. The van der Waals surface area contributed by atoms with Gasteiger partial charge in [-0.3, -0.25) is 0 Å². The van der Waals surface area contributed by atoms with E-state index in [1.165, 1.54) is 0 Å². The molecule has 0 saturated carbocycles. The molecule has 0 amide bonds. The van der Waals surface area contributed by atoms with E-state index < -0.39 is 0 Å². The number of hydrogen-bond acceptors (Lipinski definition) is 4. The standard InChI is InChI=1S/C8H12N4/c1-9-5-3-7-4-6-11-8(10-2)12-7/h3-6,9H,1-2H3,(H,10,11,12)/b5-3+. The van der Waals surface area contributed by atoms with Crippen LogP contribution >= 0.6 is 0 Å². The van der Waals surface area contributed by atoms with Crippen molar-refractivity contribution in [3.63, 3.8) is 0 Å². The summed E-state index contributed by atoms with van der Waals surface area (Å²) in [5, 5.41) is 5.76. The largest absolute Gasteiger partial charge is 0.394 e. The summed E-state index contributed by atoms with van der Waals surface area (Å²) in [4.78, 5) is 8.17. The van der Waals surface area contributed by atoms with Crippen LogP contribution in [0, 0.1) is 0 Å². The van der Waals surface area contributed by atoms with Gasteiger partial charge in [-0.2, -0.15) is 0 Å². The van der Waals surface area contributed by atoms with Crippen molar-refractivity contribution in [1.82, 2.24) is 15.3 Å². The molecule has 0 aliphatic carbocycles. The number of anilines is 1. The molecule has 64 valence electrons. The minimum atomic E-state index is 0.633. The Hall–Kier alpha value is -1.58. The highest BCUT2D eigenvalue weighted by Gasteiger charge is 1.91. The van der Waals surface area contributed by atoms with Gasteiger partial charge in [-0.1, -0.05) is 0 Å². The molecule has 0 saturated heterocycles. The van der Waals surface area contributed by atoms with Crippen LogP contribution in [0.5, 0.6) is 0 Å². The summed E-state index contributed by atoms with van der Waals surface area (Å²) in [5.41, 5.74) is 0.878. The van der Waals surface area contributed by atoms with E-state index in [1.54, 1.807) is 13.2 Å². The van der Waals surface area contributed by atoms with Crippen molar-refractivity contribution in [2.75, 3.05) is 19.4 Å². The van der Waals surface area contributed by atoms with Crippen LogP contribution in [0.2, 0.25) is 0 Å². The smallest absolute Gasteiger partial charge is 0.222 e. The Balaban J connectivity index is 2.79. The first-order valence-electron chi connectivity index (χ1n) is 3.71. The first-order chi connectivity index (χ1) is 5.86. The van der Waals surface area contributed by atoms with Gasteiger partial charge in [-0.15, -0.1) is 0 Å². The Bertz CT molecular complexity index is 270. The van der Waals surface area contributed by atoms with Gasteiger partial charge >= 0.3 is 0 Å². The quantitative estimate of drug-likeness (QED) is 0.690. The maximum Gasteiger partial charge on any atom is 0.222 e. The Morgan fingerprint density at radius 3 is 2.92 bits per heavy atom. The number of aromatic nitrogens is 2. The van der Waals surface area contributed by atoms with Gasteiger partial charge in [0.2, 0.25) is 5.95 Å². The first kappa shape index (κ1) is 8.52. The second-order valence-corrected chi connectivity index (χ2v) is 2.18. The van der Waals surface area contributed by atoms with Gasteiger partial charge in [-0.05, 0) is 18.3 Å². The molecule has 12 heavy (non-hydrogen) atoms. The molecule has 4 heteroatoms. The molecule has 0 radical (unpaired) electrons. The predicted octanol–water partition coefficient (Wildman–Crippen LogP) is 0.708. The van der Waals surface area contributed by atoms with Crippen LogP contribution < -0.4 is 10.6 Å². The van der Waals surface area contributed by atoms with Crippen LogP contribution in [0.25, 0.3) is 6.08 Å². The summed E-state index contributed by atoms with van der Waals surface area (Å²) in [5.74, 6) is 0.633. The molecule has 0 unspecified atom stereocenters. The van der Waals surface area contributed by atoms with E-state index in [1.807, 2.05) is 25.4 Å². The molecule has 0 aromatic carbocycles. The topological polar surface area (TPSA) is 49.8 Å². The molecule has 0 spiro atoms. The summed E-state index contributed by atoms with van der Waals surface area (Å²) in [6.45, 7) is 0. The summed E-state index contributed by atoms with van der Waals surface area (Å²) in [6.07, 6.45) is 5.42. The summed E-state index contributed by atoms with van der Waals surface area (Å²) in [6, 6.07) is 1.84. The summed E-state index contributed by atoms with van der Waals surface area (Å²) < 4.78 is 0. The summed E-state index contributed by atoms with van der Waals surface area (Å²) >= 11 is 0. The van der Waals surface area contributed by atoms with Crippen molar-refractivity contribution < 1.29 is 0 Å². The van der Waals surface area contributed by atoms with E-state index >= 15 is 0 Å². The molecule has 1 heterocycles. The maximum absolute atomic E-state index is 4.18. The molecule has 0 atom stereocenters. The predicted molar refractivity (Wildman–Crippen MR) is 49.7 cm³/mol. The SMILES string of the molecule is CN/C=C/c1ccnc(NC)n1.